The lowest BCUT2D eigenvalue weighted by Crippen LogP contribution is -2.37. The summed E-state index contributed by atoms with van der Waals surface area (Å²) >= 11 is 0. The highest BCUT2D eigenvalue weighted by Gasteiger charge is 2.27. The van der Waals surface area contributed by atoms with E-state index in [1.807, 2.05) is 21.1 Å². The second kappa shape index (κ2) is 72.7. The van der Waals surface area contributed by atoms with E-state index < -0.39 is 26.5 Å². The molecule has 0 aliphatic rings. The van der Waals surface area contributed by atoms with Gasteiger partial charge >= 0.3 is 19.8 Å². The molecule has 0 aromatic carbocycles. The van der Waals surface area contributed by atoms with E-state index in [9.17, 15) is 19.0 Å². The lowest BCUT2D eigenvalue weighted by molar-refractivity contribution is -0.870. The van der Waals surface area contributed by atoms with Crippen molar-refractivity contribution >= 4 is 19.8 Å². The zero-order valence-corrected chi connectivity index (χ0v) is 62.4. The quantitative estimate of drug-likeness (QED) is 0.0211. The van der Waals surface area contributed by atoms with Crippen LogP contribution < -0.4 is 0 Å². The first-order valence-electron chi connectivity index (χ1n) is 39.7. The average molecular weight is 1310 g/mol. The SMILES string of the molecule is CC/C=C\C/C=C\C/C=C\C/C=C\CCCCCCCCCCCCCCCCCCCCCCCCC(=O)OC(COC(=O)CCCCCCCCCCCCCCCCCCCCCCC/C=C\C/C=C\CCCCCCC)COP(=O)(O)OCC[N+](C)(C)C. The standard InChI is InChI=1S/C82H152NO8P/c1-6-8-10-12-14-16-18-20-22-24-26-28-30-32-34-36-38-40-41-43-45-47-49-51-53-55-57-59-61-63-65-67-69-71-73-75-82(85)91-80(79-90-92(86,87)89-77-76-83(3,4)5)78-88-81(84)74-72-70-68-66-64-62-60-58-56-54-52-50-48-46-44-42-39-37-35-33-31-29-27-25-23-21-19-17-15-13-11-9-7-2/h8,10,14,16,19-22,25-28,80H,6-7,9,11-13,15,17-18,23-24,29-79H2,1-5H3/p+1/b10-8-,16-14-,21-19-,22-20-,27-25-,28-26-. The van der Waals surface area contributed by atoms with E-state index in [0.717, 1.165) is 64.2 Å². The number of likely N-dealkylation sites (N-methyl/N-ethyl adjacent to an activating group) is 1. The summed E-state index contributed by atoms with van der Waals surface area (Å²) in [6, 6.07) is 0. The summed E-state index contributed by atoms with van der Waals surface area (Å²) in [5.41, 5.74) is 0. The van der Waals surface area contributed by atoms with Gasteiger partial charge in [0, 0.05) is 12.8 Å². The molecule has 2 atom stereocenters. The van der Waals surface area contributed by atoms with Crippen LogP contribution in [0.3, 0.4) is 0 Å². The van der Waals surface area contributed by atoms with Crippen molar-refractivity contribution in [3.63, 3.8) is 0 Å². The Balaban J connectivity index is 3.92. The van der Waals surface area contributed by atoms with Crippen LogP contribution >= 0.6 is 7.82 Å². The smallest absolute Gasteiger partial charge is 0.462 e. The van der Waals surface area contributed by atoms with Gasteiger partial charge < -0.3 is 18.9 Å². The fraction of sp³-hybridized carbons (Fsp3) is 0.829. The third-order valence-electron chi connectivity index (χ3n) is 17.7. The summed E-state index contributed by atoms with van der Waals surface area (Å²) in [6.07, 6.45) is 99.1. The number of hydrogen-bond acceptors (Lipinski definition) is 7. The molecule has 0 radical (unpaired) electrons. The van der Waals surface area contributed by atoms with Gasteiger partial charge in [0.25, 0.3) is 0 Å². The van der Waals surface area contributed by atoms with Gasteiger partial charge in [0.05, 0.1) is 27.7 Å². The molecule has 9 nitrogen and oxygen atoms in total. The maximum absolute atomic E-state index is 12.9. The number of rotatable bonds is 74. The van der Waals surface area contributed by atoms with Crippen molar-refractivity contribution in [1.82, 2.24) is 0 Å². The minimum atomic E-state index is -4.39. The number of quaternary nitrogens is 1. The number of phosphoric acid groups is 1. The minimum Gasteiger partial charge on any atom is -0.462 e. The van der Waals surface area contributed by atoms with Gasteiger partial charge in [-0.15, -0.1) is 0 Å². The molecule has 0 saturated carbocycles. The number of carbonyl (C=O) groups is 2. The molecule has 1 N–H and O–H groups in total. The first kappa shape index (κ1) is 89.5. The van der Waals surface area contributed by atoms with Crippen LogP contribution in [0, 0.1) is 0 Å². The molecule has 2 unspecified atom stereocenters. The van der Waals surface area contributed by atoms with Gasteiger partial charge in [0.1, 0.15) is 19.8 Å². The third kappa shape index (κ3) is 76.5. The van der Waals surface area contributed by atoms with E-state index >= 15 is 0 Å². The Hall–Kier alpha value is -2.55. The number of esters is 2. The van der Waals surface area contributed by atoms with E-state index in [0.29, 0.717) is 23.9 Å². The van der Waals surface area contributed by atoms with Crippen LogP contribution in [0.5, 0.6) is 0 Å². The van der Waals surface area contributed by atoms with Crippen LogP contribution in [0.25, 0.3) is 0 Å². The van der Waals surface area contributed by atoms with Crippen molar-refractivity contribution < 1.29 is 42.1 Å². The zero-order chi connectivity index (χ0) is 66.9. The predicted molar refractivity (Wildman–Crippen MR) is 399 cm³/mol. The number of carbonyl (C=O) groups excluding carboxylic acids is 2. The van der Waals surface area contributed by atoms with Crippen molar-refractivity contribution in [3.8, 4) is 0 Å². The lowest BCUT2D eigenvalue weighted by Gasteiger charge is -2.24. The van der Waals surface area contributed by atoms with E-state index in [1.165, 1.54) is 289 Å². The summed E-state index contributed by atoms with van der Waals surface area (Å²) in [5, 5.41) is 0. The molecule has 0 fully saturated rings. The summed E-state index contributed by atoms with van der Waals surface area (Å²) in [5.74, 6) is -0.775. The summed E-state index contributed by atoms with van der Waals surface area (Å²) in [6.45, 7) is 4.38. The molecule has 0 aromatic heterocycles. The fourth-order valence-electron chi connectivity index (χ4n) is 11.7. The average Bonchev–Trinajstić information content (AvgIpc) is 2.14. The van der Waals surface area contributed by atoms with Crippen molar-refractivity contribution in [2.45, 2.75) is 392 Å². The molecule has 0 saturated heterocycles. The molecule has 0 aromatic rings. The molecule has 0 amide bonds. The Bertz CT molecular complexity index is 1780. The van der Waals surface area contributed by atoms with Crippen LogP contribution in [0.15, 0.2) is 72.9 Å². The highest BCUT2D eigenvalue weighted by molar-refractivity contribution is 7.47. The molecule has 0 bridgehead atoms. The first-order valence-corrected chi connectivity index (χ1v) is 41.2. The van der Waals surface area contributed by atoms with E-state index in [2.05, 4.69) is 86.8 Å². The van der Waals surface area contributed by atoms with Crippen LogP contribution in [-0.2, 0) is 32.7 Å². The van der Waals surface area contributed by atoms with Gasteiger partial charge in [0.2, 0.25) is 0 Å². The largest absolute Gasteiger partial charge is 0.472 e. The molecule has 0 rings (SSSR count). The van der Waals surface area contributed by atoms with Crippen molar-refractivity contribution in [3.05, 3.63) is 72.9 Å². The molecule has 538 valence electrons. The number of hydrogen-bond donors (Lipinski definition) is 1. The maximum atomic E-state index is 12.9. The number of nitrogens with zero attached hydrogens (tertiary/aromatic N) is 1. The molecule has 0 spiro atoms. The third-order valence-corrected chi connectivity index (χ3v) is 18.7. The number of allylic oxidation sites excluding steroid dienone is 12. The van der Waals surface area contributed by atoms with Crippen LogP contribution in [-0.4, -0.2) is 74.9 Å². The van der Waals surface area contributed by atoms with Crippen molar-refractivity contribution in [2.75, 3.05) is 47.5 Å². The molecular weight excluding hydrogens is 1160 g/mol. The second-order valence-electron chi connectivity index (χ2n) is 28.1. The Morgan fingerprint density at radius 3 is 0.924 bits per heavy atom. The van der Waals surface area contributed by atoms with Crippen molar-refractivity contribution in [2.24, 2.45) is 0 Å². The molecule has 10 heteroatoms. The topological polar surface area (TPSA) is 108 Å². The zero-order valence-electron chi connectivity index (χ0n) is 61.5. The van der Waals surface area contributed by atoms with Gasteiger partial charge in [0.15, 0.2) is 6.10 Å². The Labute approximate surface area is 571 Å². The van der Waals surface area contributed by atoms with Crippen LogP contribution in [0.2, 0.25) is 0 Å². The van der Waals surface area contributed by atoms with Gasteiger partial charge in [-0.3, -0.25) is 18.6 Å². The molecule has 0 aliphatic heterocycles. The van der Waals surface area contributed by atoms with Crippen LogP contribution in [0.1, 0.15) is 386 Å². The van der Waals surface area contributed by atoms with Gasteiger partial charge in [-0.25, -0.2) is 4.57 Å². The van der Waals surface area contributed by atoms with Gasteiger partial charge in [-0.05, 0) is 83.5 Å². The Morgan fingerprint density at radius 1 is 0.348 bits per heavy atom. The lowest BCUT2D eigenvalue weighted by atomic mass is 10.0. The summed E-state index contributed by atoms with van der Waals surface area (Å²) in [4.78, 5) is 36.0. The Morgan fingerprint density at radius 2 is 0.620 bits per heavy atom. The fourth-order valence-corrected chi connectivity index (χ4v) is 12.4. The van der Waals surface area contributed by atoms with Gasteiger partial charge in [-0.2, -0.15) is 0 Å². The number of ether oxygens (including phenoxy) is 2. The monoisotopic (exact) mass is 1310 g/mol. The van der Waals surface area contributed by atoms with E-state index in [4.69, 9.17) is 18.5 Å². The highest BCUT2D eigenvalue weighted by atomic mass is 31.2. The predicted octanol–water partition coefficient (Wildman–Crippen LogP) is 26.3. The van der Waals surface area contributed by atoms with Crippen molar-refractivity contribution in [1.29, 1.82) is 0 Å². The second-order valence-corrected chi connectivity index (χ2v) is 29.5. The Kier molecular flexibility index (Phi) is 70.7. The number of unbranched alkanes of at least 4 members (excludes halogenated alkanes) is 48. The molecular formula is C82H153NO8P+. The molecule has 0 heterocycles. The molecule has 92 heavy (non-hydrogen) atoms. The minimum absolute atomic E-state index is 0.0334. The van der Waals surface area contributed by atoms with Crippen LogP contribution in [0.4, 0.5) is 0 Å². The normalized spacial score (nSPS) is 13.4. The van der Waals surface area contributed by atoms with E-state index in [1.54, 1.807) is 0 Å². The molecule has 0 aliphatic carbocycles. The van der Waals surface area contributed by atoms with Gasteiger partial charge in [-0.1, -0.05) is 363 Å². The highest BCUT2D eigenvalue weighted by Crippen LogP contribution is 2.43. The number of phosphoric ester groups is 1. The first-order chi connectivity index (χ1) is 45.0. The maximum Gasteiger partial charge on any atom is 0.472 e. The summed E-state index contributed by atoms with van der Waals surface area (Å²) < 4.78 is 34.8. The van der Waals surface area contributed by atoms with E-state index in [-0.39, 0.29) is 25.6 Å². The summed E-state index contributed by atoms with van der Waals surface area (Å²) in [7, 11) is 1.50.